The van der Waals surface area contributed by atoms with Crippen molar-refractivity contribution in [3.63, 3.8) is 0 Å². The van der Waals surface area contributed by atoms with Crippen LogP contribution in [0.2, 0.25) is 5.02 Å². The van der Waals surface area contributed by atoms with Gasteiger partial charge in [-0.2, -0.15) is 11.8 Å². The summed E-state index contributed by atoms with van der Waals surface area (Å²) in [5.41, 5.74) is 7.13. The zero-order valence-electron chi connectivity index (χ0n) is 11.7. The van der Waals surface area contributed by atoms with Gasteiger partial charge in [-0.1, -0.05) is 23.7 Å². The van der Waals surface area contributed by atoms with E-state index in [9.17, 15) is 4.79 Å². The van der Waals surface area contributed by atoms with Gasteiger partial charge in [0.25, 0.3) is 0 Å². The van der Waals surface area contributed by atoms with E-state index in [4.69, 9.17) is 17.3 Å². The molecule has 3 nitrogen and oxygen atoms in total. The van der Waals surface area contributed by atoms with Crippen LogP contribution in [0.15, 0.2) is 24.3 Å². The number of hydrogen-bond donors (Lipinski definition) is 1. The summed E-state index contributed by atoms with van der Waals surface area (Å²) in [6.07, 6.45) is 4.78. The number of nitrogens with zero attached hydrogens (tertiary/aromatic N) is 1. The summed E-state index contributed by atoms with van der Waals surface area (Å²) in [4.78, 5) is 14.4. The van der Waals surface area contributed by atoms with Gasteiger partial charge in [0.15, 0.2) is 0 Å². The van der Waals surface area contributed by atoms with E-state index in [-0.39, 0.29) is 18.0 Å². The summed E-state index contributed by atoms with van der Waals surface area (Å²) < 4.78 is 0. The quantitative estimate of drug-likeness (QED) is 0.909. The molecule has 1 aliphatic heterocycles. The van der Waals surface area contributed by atoms with Gasteiger partial charge in [-0.25, -0.2) is 0 Å². The largest absolute Gasteiger partial charge is 0.334 e. The van der Waals surface area contributed by atoms with Crippen molar-refractivity contribution in [2.24, 2.45) is 5.73 Å². The zero-order valence-corrected chi connectivity index (χ0v) is 13.3. The van der Waals surface area contributed by atoms with Crippen LogP contribution in [0.5, 0.6) is 0 Å². The van der Waals surface area contributed by atoms with E-state index in [1.54, 1.807) is 11.8 Å². The van der Waals surface area contributed by atoms with Crippen LogP contribution in [0.4, 0.5) is 0 Å². The molecule has 2 N–H and O–H groups in total. The van der Waals surface area contributed by atoms with Crippen molar-refractivity contribution in [1.82, 2.24) is 4.90 Å². The van der Waals surface area contributed by atoms with Gasteiger partial charge in [0, 0.05) is 11.6 Å². The average molecular weight is 313 g/mol. The number of benzene rings is 1. The third kappa shape index (κ3) is 3.68. The van der Waals surface area contributed by atoms with Crippen LogP contribution in [0.1, 0.15) is 30.9 Å². The number of carbonyl (C=O) groups is 1. The maximum atomic E-state index is 12.5. The van der Waals surface area contributed by atoms with Crippen molar-refractivity contribution in [2.45, 2.75) is 31.3 Å². The molecule has 1 saturated heterocycles. The SMILES string of the molecule is CSCC[C@H](N)C(=O)N1CCCC1c1cccc(Cl)c1. The lowest BCUT2D eigenvalue weighted by atomic mass is 10.0. The Morgan fingerprint density at radius 1 is 1.60 bits per heavy atom. The molecule has 1 fully saturated rings. The number of nitrogens with two attached hydrogens (primary N) is 1. The second-order valence-corrected chi connectivity index (χ2v) is 6.55. The van der Waals surface area contributed by atoms with Crippen LogP contribution in [0.25, 0.3) is 0 Å². The van der Waals surface area contributed by atoms with E-state index in [0.29, 0.717) is 5.02 Å². The number of rotatable bonds is 5. The molecular formula is C15H21ClN2OS. The Hall–Kier alpha value is -0.710. The van der Waals surface area contributed by atoms with Gasteiger partial charge in [-0.15, -0.1) is 0 Å². The van der Waals surface area contributed by atoms with Crippen molar-refractivity contribution in [3.05, 3.63) is 34.9 Å². The van der Waals surface area contributed by atoms with Crippen LogP contribution in [-0.4, -0.2) is 35.4 Å². The molecule has 1 aromatic rings. The van der Waals surface area contributed by atoms with E-state index >= 15 is 0 Å². The highest BCUT2D eigenvalue weighted by molar-refractivity contribution is 7.98. The Bertz CT molecular complexity index is 469. The predicted molar refractivity (Wildman–Crippen MR) is 86.1 cm³/mol. The molecule has 0 aromatic heterocycles. The Morgan fingerprint density at radius 2 is 2.40 bits per heavy atom. The molecule has 0 spiro atoms. The minimum atomic E-state index is -0.387. The van der Waals surface area contributed by atoms with Crippen LogP contribution >= 0.6 is 23.4 Å². The van der Waals surface area contributed by atoms with Crippen LogP contribution in [-0.2, 0) is 4.79 Å². The molecule has 5 heteroatoms. The molecule has 2 atom stereocenters. The summed E-state index contributed by atoms with van der Waals surface area (Å²) in [6.45, 7) is 0.795. The third-order valence-electron chi connectivity index (χ3n) is 3.72. The average Bonchev–Trinajstić information content (AvgIpc) is 2.93. The van der Waals surface area contributed by atoms with Gasteiger partial charge in [0.2, 0.25) is 5.91 Å². The predicted octanol–water partition coefficient (Wildman–Crippen LogP) is 3.08. The van der Waals surface area contributed by atoms with Crippen molar-refractivity contribution in [2.75, 3.05) is 18.6 Å². The number of likely N-dealkylation sites (tertiary alicyclic amines) is 1. The van der Waals surface area contributed by atoms with Gasteiger partial charge in [0.05, 0.1) is 12.1 Å². The fourth-order valence-corrected chi connectivity index (χ4v) is 3.36. The lowest BCUT2D eigenvalue weighted by molar-refractivity contribution is -0.133. The zero-order chi connectivity index (χ0) is 14.5. The summed E-state index contributed by atoms with van der Waals surface area (Å²) in [5, 5.41) is 0.716. The highest BCUT2D eigenvalue weighted by Crippen LogP contribution is 2.33. The Balaban J connectivity index is 2.09. The van der Waals surface area contributed by atoms with E-state index in [0.717, 1.165) is 37.1 Å². The summed E-state index contributed by atoms with van der Waals surface area (Å²) >= 11 is 7.77. The molecule has 2 rings (SSSR count). The van der Waals surface area contributed by atoms with Crippen molar-refractivity contribution >= 4 is 29.3 Å². The van der Waals surface area contributed by atoms with Gasteiger partial charge < -0.3 is 10.6 Å². The first-order valence-corrected chi connectivity index (χ1v) is 8.71. The normalized spacial score (nSPS) is 20.1. The van der Waals surface area contributed by atoms with Gasteiger partial charge in [0.1, 0.15) is 0 Å². The summed E-state index contributed by atoms with van der Waals surface area (Å²) in [6, 6.07) is 7.52. The number of carbonyl (C=O) groups excluding carboxylic acids is 1. The second-order valence-electron chi connectivity index (χ2n) is 5.13. The van der Waals surface area contributed by atoms with Crippen molar-refractivity contribution in [3.8, 4) is 0 Å². The molecule has 1 aromatic carbocycles. The van der Waals surface area contributed by atoms with E-state index in [2.05, 4.69) is 0 Å². The molecular weight excluding hydrogens is 292 g/mol. The summed E-state index contributed by atoms with van der Waals surface area (Å²) in [7, 11) is 0. The van der Waals surface area contributed by atoms with E-state index < -0.39 is 0 Å². The monoisotopic (exact) mass is 312 g/mol. The molecule has 1 heterocycles. The van der Waals surface area contributed by atoms with Crippen LogP contribution < -0.4 is 5.73 Å². The maximum absolute atomic E-state index is 12.5. The molecule has 0 saturated carbocycles. The van der Waals surface area contributed by atoms with E-state index in [1.165, 1.54) is 0 Å². The molecule has 20 heavy (non-hydrogen) atoms. The number of amides is 1. The maximum Gasteiger partial charge on any atom is 0.240 e. The number of thioether (sulfide) groups is 1. The van der Waals surface area contributed by atoms with Crippen molar-refractivity contribution < 1.29 is 4.79 Å². The highest BCUT2D eigenvalue weighted by atomic mass is 35.5. The first-order chi connectivity index (χ1) is 9.63. The van der Waals surface area contributed by atoms with E-state index in [1.807, 2.05) is 35.4 Å². The number of hydrogen-bond acceptors (Lipinski definition) is 3. The minimum absolute atomic E-state index is 0.0709. The molecule has 1 amide bonds. The fourth-order valence-electron chi connectivity index (χ4n) is 2.67. The minimum Gasteiger partial charge on any atom is -0.334 e. The van der Waals surface area contributed by atoms with Gasteiger partial charge in [-0.3, -0.25) is 4.79 Å². The highest BCUT2D eigenvalue weighted by Gasteiger charge is 2.32. The van der Waals surface area contributed by atoms with Crippen LogP contribution in [0.3, 0.4) is 0 Å². The Kier molecular flexibility index (Phi) is 5.75. The third-order valence-corrected chi connectivity index (χ3v) is 4.60. The molecule has 1 unspecified atom stereocenters. The topological polar surface area (TPSA) is 46.3 Å². The molecule has 0 aliphatic carbocycles. The second kappa shape index (κ2) is 7.34. The molecule has 0 bridgehead atoms. The van der Waals surface area contributed by atoms with Gasteiger partial charge >= 0.3 is 0 Å². The first-order valence-electron chi connectivity index (χ1n) is 6.94. The Labute approximate surface area is 129 Å². The summed E-state index contributed by atoms with van der Waals surface area (Å²) in [5.74, 6) is 0.990. The Morgan fingerprint density at radius 3 is 3.10 bits per heavy atom. The lowest BCUT2D eigenvalue weighted by Gasteiger charge is -2.28. The number of halogens is 1. The standard InChI is InChI=1S/C15H21ClN2OS/c1-20-9-7-13(17)15(19)18-8-3-6-14(18)11-4-2-5-12(16)10-11/h2,4-5,10,13-14H,3,6-9,17H2,1H3/t13-,14?/m0/s1. The fraction of sp³-hybridized carbons (Fsp3) is 0.533. The van der Waals surface area contributed by atoms with Gasteiger partial charge in [-0.05, 0) is 49.0 Å². The molecule has 0 radical (unpaired) electrons. The molecule has 1 aliphatic rings. The smallest absolute Gasteiger partial charge is 0.240 e. The lowest BCUT2D eigenvalue weighted by Crippen LogP contribution is -2.43. The van der Waals surface area contributed by atoms with Crippen molar-refractivity contribution in [1.29, 1.82) is 0 Å². The molecule has 110 valence electrons. The van der Waals surface area contributed by atoms with Crippen LogP contribution in [0, 0.1) is 0 Å². The first kappa shape index (κ1) is 15.7.